The molecule has 2 aliphatic rings. The van der Waals surface area contributed by atoms with Gasteiger partial charge in [-0.05, 0) is 35.6 Å². The van der Waals surface area contributed by atoms with Gasteiger partial charge in [-0.15, -0.1) is 0 Å². The van der Waals surface area contributed by atoms with Crippen LogP contribution in [-0.2, 0) is 25.6 Å². The number of nitrogens with zero attached hydrogens (tertiary/aromatic N) is 2. The van der Waals surface area contributed by atoms with Gasteiger partial charge >= 0.3 is 17.8 Å². The van der Waals surface area contributed by atoms with E-state index in [0.29, 0.717) is 25.2 Å². The number of ether oxygens (including phenoxy) is 2. The van der Waals surface area contributed by atoms with E-state index in [-0.39, 0.29) is 25.1 Å². The number of amides is 2. The monoisotopic (exact) mass is 550 g/mol. The number of carboxylic acid groups (broad SMARTS) is 1. The second-order valence-corrected chi connectivity index (χ2v) is 9.49. The first-order valence-electron chi connectivity index (χ1n) is 12.7. The highest BCUT2D eigenvalue weighted by molar-refractivity contribution is 5.81. The number of aliphatic carboxylic acids is 1. The van der Waals surface area contributed by atoms with Crippen LogP contribution >= 0.6 is 0 Å². The van der Waals surface area contributed by atoms with Gasteiger partial charge in [-0.2, -0.15) is 0 Å². The first-order chi connectivity index (χ1) is 19.2. The molecule has 1 aliphatic heterocycles. The van der Waals surface area contributed by atoms with Gasteiger partial charge in [-0.1, -0.05) is 48.5 Å². The molecule has 0 radical (unpaired) electrons. The number of carboxylic acids is 1. The largest absolute Gasteiger partial charge is 0.480 e. The van der Waals surface area contributed by atoms with E-state index in [9.17, 15) is 24.0 Å². The van der Waals surface area contributed by atoms with E-state index in [4.69, 9.17) is 20.3 Å². The summed E-state index contributed by atoms with van der Waals surface area (Å²) < 4.78 is 11.2. The molecule has 1 saturated heterocycles. The summed E-state index contributed by atoms with van der Waals surface area (Å²) in [7, 11) is 0. The van der Waals surface area contributed by atoms with Crippen molar-refractivity contribution in [3.8, 4) is 11.1 Å². The highest BCUT2D eigenvalue weighted by atomic mass is 16.5. The predicted molar refractivity (Wildman–Crippen MR) is 144 cm³/mol. The van der Waals surface area contributed by atoms with Gasteiger partial charge in [0.2, 0.25) is 5.91 Å². The highest BCUT2D eigenvalue weighted by Gasteiger charge is 2.30. The number of carbonyl (C=O) groups excluding carboxylic acids is 2. The Kier molecular flexibility index (Phi) is 8.80. The average Bonchev–Trinajstić information content (AvgIpc) is 3.56. The number of hydrogen-bond donors (Lipinski definition) is 3. The molecule has 12 heteroatoms. The molecule has 12 nitrogen and oxygen atoms in total. The highest BCUT2D eigenvalue weighted by Crippen LogP contribution is 2.44. The number of aromatic amines is 1. The smallest absolute Gasteiger partial charge is 0.404 e. The van der Waals surface area contributed by atoms with Crippen molar-refractivity contribution in [3.63, 3.8) is 0 Å². The topological polar surface area (TPSA) is 174 Å². The zero-order valence-corrected chi connectivity index (χ0v) is 21.9. The molecule has 1 unspecified atom stereocenters. The Balaban J connectivity index is 0.000000188. The number of carbonyl (C=O) groups is 3. The van der Waals surface area contributed by atoms with Crippen molar-refractivity contribution in [2.24, 2.45) is 5.73 Å². The SMILES string of the molecule is Cc1cn(CC(=O)N(CC(=O)O)C2CCOC2)c(=O)[nH]c1=O.NC(=O)OCC1c2ccccc2-c2ccccc21. The lowest BCUT2D eigenvalue weighted by atomic mass is 9.98. The molecule has 2 amide bonds. The summed E-state index contributed by atoms with van der Waals surface area (Å²) in [5.41, 5.74) is 8.94. The number of nitrogens with one attached hydrogen (secondary N) is 1. The Morgan fingerprint density at radius 1 is 1.10 bits per heavy atom. The minimum atomic E-state index is -1.13. The molecule has 2 heterocycles. The van der Waals surface area contributed by atoms with E-state index in [1.165, 1.54) is 40.3 Å². The zero-order chi connectivity index (χ0) is 28.8. The summed E-state index contributed by atoms with van der Waals surface area (Å²) >= 11 is 0. The van der Waals surface area contributed by atoms with Crippen molar-refractivity contribution in [2.45, 2.75) is 31.8 Å². The first kappa shape index (κ1) is 28.3. The lowest BCUT2D eigenvalue weighted by Crippen LogP contribution is -2.46. The molecule has 0 spiro atoms. The summed E-state index contributed by atoms with van der Waals surface area (Å²) in [5, 5.41) is 8.94. The van der Waals surface area contributed by atoms with Gasteiger partial charge in [0.05, 0.1) is 12.6 Å². The molecular formula is C28H30N4O8. The van der Waals surface area contributed by atoms with E-state index in [2.05, 4.69) is 29.2 Å². The Morgan fingerprint density at radius 2 is 1.73 bits per heavy atom. The van der Waals surface area contributed by atoms with Crippen LogP contribution in [0.4, 0.5) is 4.79 Å². The van der Waals surface area contributed by atoms with Crippen molar-refractivity contribution in [1.82, 2.24) is 14.5 Å². The molecular weight excluding hydrogens is 520 g/mol. The van der Waals surface area contributed by atoms with Crippen LogP contribution < -0.4 is 17.0 Å². The molecule has 0 bridgehead atoms. The number of aromatic nitrogens is 2. The van der Waals surface area contributed by atoms with E-state index >= 15 is 0 Å². The summed E-state index contributed by atoms with van der Waals surface area (Å²) in [6, 6.07) is 16.1. The minimum Gasteiger partial charge on any atom is -0.480 e. The van der Waals surface area contributed by atoms with Crippen molar-refractivity contribution in [2.75, 3.05) is 26.4 Å². The molecule has 1 fully saturated rings. The first-order valence-corrected chi connectivity index (χ1v) is 12.7. The van der Waals surface area contributed by atoms with Gasteiger partial charge in [0.15, 0.2) is 0 Å². The molecule has 5 rings (SSSR count). The molecule has 1 aromatic heterocycles. The lowest BCUT2D eigenvalue weighted by molar-refractivity contribution is -0.146. The molecule has 40 heavy (non-hydrogen) atoms. The quantitative estimate of drug-likeness (QED) is 0.396. The summed E-state index contributed by atoms with van der Waals surface area (Å²) in [6.07, 6.45) is 1.11. The standard InChI is InChI=1S/C15H13NO2.C13H17N3O6/c16-15(17)18-9-14-12-7-3-1-5-10(12)11-6-2-4-8-13(11)14;1-8-4-15(13(21)14-12(8)20)5-10(17)16(6-11(18)19)9-2-3-22-7-9/h1-8,14H,9H2,(H2,16,17);4,9H,2-3,5-7H2,1H3,(H,18,19)(H,14,20,21). The van der Waals surface area contributed by atoms with Gasteiger partial charge in [-0.3, -0.25) is 23.9 Å². The Bertz CT molecular complexity index is 1480. The average molecular weight is 551 g/mol. The molecule has 1 aliphatic carbocycles. The van der Waals surface area contributed by atoms with Crippen LogP contribution in [0, 0.1) is 6.92 Å². The zero-order valence-electron chi connectivity index (χ0n) is 21.9. The fourth-order valence-corrected chi connectivity index (χ4v) is 4.91. The predicted octanol–water partition coefficient (Wildman–Crippen LogP) is 1.44. The third kappa shape index (κ3) is 6.46. The van der Waals surface area contributed by atoms with Crippen molar-refractivity contribution >= 4 is 18.0 Å². The third-order valence-electron chi connectivity index (χ3n) is 6.82. The summed E-state index contributed by atoms with van der Waals surface area (Å²) in [4.78, 5) is 60.4. The summed E-state index contributed by atoms with van der Waals surface area (Å²) in [6.45, 7) is 1.76. The van der Waals surface area contributed by atoms with Gasteiger partial charge in [-0.25, -0.2) is 9.59 Å². The van der Waals surface area contributed by atoms with Gasteiger partial charge in [0, 0.05) is 24.3 Å². The number of primary amides is 1. The van der Waals surface area contributed by atoms with Crippen LogP contribution in [0.1, 0.15) is 29.0 Å². The lowest BCUT2D eigenvalue weighted by Gasteiger charge is -2.26. The second kappa shape index (κ2) is 12.4. The summed E-state index contributed by atoms with van der Waals surface area (Å²) in [5.74, 6) is -1.55. The van der Waals surface area contributed by atoms with Crippen LogP contribution in [0.2, 0.25) is 0 Å². The maximum absolute atomic E-state index is 12.3. The number of aryl methyl sites for hydroxylation is 1. The minimum absolute atomic E-state index is 0.0879. The molecule has 1 atom stereocenters. The molecule has 210 valence electrons. The third-order valence-corrected chi connectivity index (χ3v) is 6.82. The Morgan fingerprint density at radius 3 is 2.27 bits per heavy atom. The fraction of sp³-hybridized carbons (Fsp3) is 0.321. The van der Waals surface area contributed by atoms with Crippen molar-refractivity contribution in [1.29, 1.82) is 0 Å². The molecule has 4 N–H and O–H groups in total. The van der Waals surface area contributed by atoms with Crippen LogP contribution in [0.3, 0.4) is 0 Å². The van der Waals surface area contributed by atoms with Gasteiger partial charge < -0.3 is 25.2 Å². The van der Waals surface area contributed by atoms with E-state index in [1.807, 2.05) is 24.3 Å². The fourth-order valence-electron chi connectivity index (χ4n) is 4.91. The maximum atomic E-state index is 12.3. The number of fused-ring (bicyclic) bond motifs is 3. The maximum Gasteiger partial charge on any atom is 0.404 e. The second-order valence-electron chi connectivity index (χ2n) is 9.49. The van der Waals surface area contributed by atoms with Crippen molar-refractivity contribution in [3.05, 3.63) is 92.3 Å². The van der Waals surface area contributed by atoms with Crippen molar-refractivity contribution < 1.29 is 29.0 Å². The normalized spacial score (nSPS) is 15.4. The van der Waals surface area contributed by atoms with Gasteiger partial charge in [0.1, 0.15) is 19.7 Å². The molecule has 2 aromatic carbocycles. The number of hydrogen-bond acceptors (Lipinski definition) is 7. The van der Waals surface area contributed by atoms with Gasteiger partial charge in [0.25, 0.3) is 5.56 Å². The van der Waals surface area contributed by atoms with E-state index < -0.39 is 35.8 Å². The molecule has 3 aromatic rings. The number of benzene rings is 2. The van der Waals surface area contributed by atoms with E-state index in [1.54, 1.807) is 0 Å². The Labute approximate surface area is 228 Å². The van der Waals surface area contributed by atoms with Crippen LogP contribution in [0.25, 0.3) is 11.1 Å². The Hall–Kier alpha value is -4.71. The number of nitrogens with two attached hydrogens (primary N) is 1. The van der Waals surface area contributed by atoms with Crippen LogP contribution in [-0.4, -0.2) is 69.9 Å². The van der Waals surface area contributed by atoms with Crippen LogP contribution in [0.5, 0.6) is 0 Å². The van der Waals surface area contributed by atoms with E-state index in [0.717, 1.165) is 4.57 Å². The molecule has 0 saturated carbocycles. The number of rotatable bonds is 7. The number of H-pyrrole nitrogens is 1. The van der Waals surface area contributed by atoms with Crippen LogP contribution in [0.15, 0.2) is 64.3 Å².